The fourth-order valence-corrected chi connectivity index (χ4v) is 0. The quantitative estimate of drug-likeness (QED) is 0.326. The summed E-state index contributed by atoms with van der Waals surface area (Å²) < 4.78 is 0. The predicted octanol–water partition coefficient (Wildman–Crippen LogP) is -9.15. The molecule has 0 aromatic carbocycles. The maximum Gasteiger partial charge on any atom is 3.00 e. The number of halogens is 3. The SMILES string of the molecule is [Ba+2].[F-].[F-].[F-].[Gd+3].[H-].[H-].[Zr]. The molecule has 0 unspecified atom stereocenters. The van der Waals surface area contributed by atoms with Gasteiger partial charge in [0.1, 0.15) is 0 Å². The van der Waals surface area contributed by atoms with E-state index in [0.29, 0.717) is 0 Å². The van der Waals surface area contributed by atoms with Gasteiger partial charge < -0.3 is 17.0 Å². The van der Waals surface area contributed by atoms with Gasteiger partial charge in [0.2, 0.25) is 0 Å². The van der Waals surface area contributed by atoms with Gasteiger partial charge in [-0.15, -0.1) is 0 Å². The molecule has 6 heavy (non-hydrogen) atoms. The Morgan fingerprint density at radius 3 is 0.833 bits per heavy atom. The molecule has 0 N–H and O–H groups in total. The van der Waals surface area contributed by atoms with E-state index in [-0.39, 0.29) is 132 Å². The molecule has 0 fully saturated rings. The third-order valence-electron chi connectivity index (χ3n) is 0. The molecule has 1 radical (unpaired) electrons. The van der Waals surface area contributed by atoms with E-state index >= 15 is 0 Å². The van der Waals surface area contributed by atoms with Gasteiger partial charge in [0.25, 0.3) is 0 Å². The first kappa shape index (κ1) is 55.2. The van der Waals surface area contributed by atoms with Crippen LogP contribution in [0.4, 0.5) is 0 Å². The summed E-state index contributed by atoms with van der Waals surface area (Å²) in [7, 11) is 0. The second-order valence-corrected chi connectivity index (χ2v) is 0. The van der Waals surface area contributed by atoms with E-state index in [1.54, 1.807) is 0 Å². The molecule has 0 nitrogen and oxygen atoms in total. The first-order chi connectivity index (χ1) is 0. The van der Waals surface area contributed by atoms with Crippen LogP contribution in [0, 0.1) is 39.9 Å². The van der Waals surface area contributed by atoms with Crippen LogP contribution in [-0.2, 0) is 26.2 Å². The molecule has 6 heteroatoms. The van der Waals surface area contributed by atoms with Gasteiger partial charge in [-0.2, -0.15) is 0 Å². The summed E-state index contributed by atoms with van der Waals surface area (Å²) in [5, 5.41) is 0. The molecular weight excluding hydrogens is 443 g/mol. The van der Waals surface area contributed by atoms with E-state index in [1.807, 2.05) is 0 Å². The zero-order valence-electron chi connectivity index (χ0n) is 4.69. The molecule has 0 aromatic rings. The molecule has 0 bridgehead atoms. The Balaban J connectivity index is 0. The molecule has 0 heterocycles. The van der Waals surface area contributed by atoms with Gasteiger partial charge in [0.05, 0.1) is 0 Å². The largest absolute Gasteiger partial charge is 3.00 e. The summed E-state index contributed by atoms with van der Waals surface area (Å²) in [6, 6.07) is 0. The van der Waals surface area contributed by atoms with Crippen LogP contribution in [0.5, 0.6) is 0 Å². The molecule has 0 aromatic heterocycles. The minimum Gasteiger partial charge on any atom is -1.00 e. The average molecular weight is 445 g/mol. The van der Waals surface area contributed by atoms with Crippen molar-refractivity contribution in [2.45, 2.75) is 0 Å². The molecular formula is H2BaF3GdZr. The van der Waals surface area contributed by atoms with Crippen molar-refractivity contribution in [3.05, 3.63) is 0 Å². The number of hydrogen-bond acceptors (Lipinski definition) is 0. The van der Waals surface area contributed by atoms with Gasteiger partial charge in [-0.05, 0) is 0 Å². The number of hydrogen-bond donors (Lipinski definition) is 0. The Morgan fingerprint density at radius 1 is 0.833 bits per heavy atom. The van der Waals surface area contributed by atoms with Crippen LogP contribution in [0.1, 0.15) is 2.85 Å². The molecule has 0 atom stereocenters. The summed E-state index contributed by atoms with van der Waals surface area (Å²) in [4.78, 5) is 0. The molecule has 0 amide bonds. The van der Waals surface area contributed by atoms with E-state index in [9.17, 15) is 0 Å². The van der Waals surface area contributed by atoms with Gasteiger partial charge in [-0.3, -0.25) is 0 Å². The van der Waals surface area contributed by atoms with Crippen LogP contribution in [0.3, 0.4) is 0 Å². The van der Waals surface area contributed by atoms with Crippen molar-refractivity contribution < 1.29 is 83.1 Å². The van der Waals surface area contributed by atoms with Crippen molar-refractivity contribution in [1.82, 2.24) is 0 Å². The Morgan fingerprint density at radius 2 is 0.833 bits per heavy atom. The van der Waals surface area contributed by atoms with Crippen LogP contribution < -0.4 is 14.1 Å². The van der Waals surface area contributed by atoms with Crippen LogP contribution >= 0.6 is 0 Å². The van der Waals surface area contributed by atoms with Crippen LogP contribution in [0.25, 0.3) is 0 Å². The third-order valence-corrected chi connectivity index (χ3v) is 0. The maximum atomic E-state index is 0. The first-order valence-corrected chi connectivity index (χ1v) is 0. The van der Waals surface area contributed by atoms with Gasteiger partial charge in [0.15, 0.2) is 0 Å². The third kappa shape index (κ3) is 25.6. The predicted molar refractivity (Wildman–Crippen MR) is 7.98 cm³/mol. The summed E-state index contributed by atoms with van der Waals surface area (Å²) in [5.41, 5.74) is 0. The molecule has 0 aliphatic heterocycles. The van der Waals surface area contributed by atoms with Crippen molar-refractivity contribution >= 4 is 48.9 Å². The Hall–Kier alpha value is 3.57. The molecule has 0 aliphatic carbocycles. The van der Waals surface area contributed by atoms with Crippen molar-refractivity contribution in [1.29, 1.82) is 0 Å². The summed E-state index contributed by atoms with van der Waals surface area (Å²) in [5.74, 6) is 0. The Labute approximate surface area is 129 Å². The fraction of sp³-hybridized carbons (Fsp3) is 0. The number of rotatable bonds is 0. The molecule has 0 saturated heterocycles. The van der Waals surface area contributed by atoms with Crippen molar-refractivity contribution in [3.63, 3.8) is 0 Å². The van der Waals surface area contributed by atoms with Crippen molar-refractivity contribution in [3.8, 4) is 0 Å². The molecule has 0 aliphatic rings. The molecule has 0 rings (SSSR count). The normalized spacial score (nSPS) is 0. The minimum atomic E-state index is 0. The van der Waals surface area contributed by atoms with E-state index in [4.69, 9.17) is 0 Å². The topological polar surface area (TPSA) is 0 Å². The Kier molecular flexibility index (Phi) is 354. The van der Waals surface area contributed by atoms with Crippen molar-refractivity contribution in [2.75, 3.05) is 0 Å². The zero-order valence-corrected chi connectivity index (χ0v) is 11.9. The van der Waals surface area contributed by atoms with E-state index in [2.05, 4.69) is 0 Å². The average Bonchev–Trinajstić information content (AvgIpc) is 0. The molecule has 37 valence electrons. The van der Waals surface area contributed by atoms with Gasteiger partial charge in [-0.1, -0.05) is 0 Å². The summed E-state index contributed by atoms with van der Waals surface area (Å²) in [6.45, 7) is 0. The smallest absolute Gasteiger partial charge is 1.00 e. The monoisotopic (exact) mass is 445 g/mol. The van der Waals surface area contributed by atoms with Crippen LogP contribution in [-0.4, -0.2) is 48.9 Å². The summed E-state index contributed by atoms with van der Waals surface area (Å²) >= 11 is 0. The second kappa shape index (κ2) is 38.5. The van der Waals surface area contributed by atoms with Crippen molar-refractivity contribution in [2.24, 2.45) is 0 Å². The van der Waals surface area contributed by atoms with Gasteiger partial charge >= 0.3 is 88.8 Å². The van der Waals surface area contributed by atoms with E-state index < -0.39 is 0 Å². The Bertz CT molecular complexity index is 17.2. The van der Waals surface area contributed by atoms with E-state index in [0.717, 1.165) is 0 Å². The molecule has 0 spiro atoms. The molecule has 0 saturated carbocycles. The van der Waals surface area contributed by atoms with E-state index in [1.165, 1.54) is 0 Å². The van der Waals surface area contributed by atoms with Crippen LogP contribution in [0.15, 0.2) is 0 Å². The fourth-order valence-electron chi connectivity index (χ4n) is 0. The minimum absolute atomic E-state index is 0. The zero-order chi connectivity index (χ0) is 0. The van der Waals surface area contributed by atoms with Gasteiger partial charge in [0, 0.05) is 26.2 Å². The standard InChI is InChI=1S/Ba.3FH.Gd.Zr.2H/h;3*1H;;;;/q+2;;;;+3;;2*-1/p-3. The maximum absolute atomic E-state index is 0. The first-order valence-electron chi connectivity index (χ1n) is 0. The van der Waals surface area contributed by atoms with Gasteiger partial charge in [-0.25, -0.2) is 0 Å². The second-order valence-electron chi connectivity index (χ2n) is 0. The summed E-state index contributed by atoms with van der Waals surface area (Å²) in [6.07, 6.45) is 0. The van der Waals surface area contributed by atoms with Crippen LogP contribution in [0.2, 0.25) is 0 Å².